The molecule has 2 aromatic carbocycles. The van der Waals surface area contributed by atoms with Crippen LogP contribution in [-0.2, 0) is 28.4 Å². The molecule has 0 bridgehead atoms. The third-order valence-corrected chi connectivity index (χ3v) is 9.56. The molecular weight excluding hydrogens is 644 g/mol. The molecule has 48 heavy (non-hydrogen) atoms. The van der Waals surface area contributed by atoms with Gasteiger partial charge in [-0.15, -0.1) is 0 Å². The fourth-order valence-electron chi connectivity index (χ4n) is 6.74. The SMILES string of the molecule is COc1ccc(C2CC[C@@H](C(=O)O)C2)cc1-c1ccc(N2CCC2)nc1CN1C(=O)OC(c2cc(C(F)(F)F)cc(C(F)(F)F)c2)C1C. The van der Waals surface area contributed by atoms with E-state index in [1.165, 1.54) is 18.9 Å². The fourth-order valence-corrected chi connectivity index (χ4v) is 6.74. The Morgan fingerprint density at radius 2 is 1.65 bits per heavy atom. The quantitative estimate of drug-likeness (QED) is 0.241. The summed E-state index contributed by atoms with van der Waals surface area (Å²) in [5.74, 6) is -0.0994. The summed E-state index contributed by atoms with van der Waals surface area (Å²) >= 11 is 0. The van der Waals surface area contributed by atoms with E-state index in [1.54, 1.807) is 6.07 Å². The Bertz CT molecular complexity index is 1690. The number of carboxylic acid groups (broad SMARTS) is 1. The molecule has 0 radical (unpaired) electrons. The fraction of sp³-hybridized carbons (Fsp3) is 0.441. The van der Waals surface area contributed by atoms with Crippen molar-refractivity contribution in [3.63, 3.8) is 0 Å². The highest BCUT2D eigenvalue weighted by Crippen LogP contribution is 2.44. The van der Waals surface area contributed by atoms with Crippen LogP contribution in [0.15, 0.2) is 48.5 Å². The molecule has 8 nitrogen and oxygen atoms in total. The van der Waals surface area contributed by atoms with Gasteiger partial charge in [0, 0.05) is 24.2 Å². The monoisotopic (exact) mass is 677 g/mol. The van der Waals surface area contributed by atoms with E-state index in [-0.39, 0.29) is 18.5 Å². The maximum absolute atomic E-state index is 13.6. The van der Waals surface area contributed by atoms with Gasteiger partial charge >= 0.3 is 24.4 Å². The molecule has 1 saturated carbocycles. The van der Waals surface area contributed by atoms with Crippen LogP contribution in [0.2, 0.25) is 0 Å². The van der Waals surface area contributed by atoms with Crippen LogP contribution in [0.25, 0.3) is 11.1 Å². The van der Waals surface area contributed by atoms with Crippen molar-refractivity contribution >= 4 is 17.9 Å². The highest BCUT2D eigenvalue weighted by molar-refractivity contribution is 5.76. The lowest BCUT2D eigenvalue weighted by Gasteiger charge is -2.33. The number of alkyl halides is 6. The van der Waals surface area contributed by atoms with E-state index >= 15 is 0 Å². The summed E-state index contributed by atoms with van der Waals surface area (Å²) in [6.07, 6.45) is -9.71. The average molecular weight is 678 g/mol. The Labute approximate surface area is 272 Å². The van der Waals surface area contributed by atoms with Crippen molar-refractivity contribution in [3.8, 4) is 16.9 Å². The van der Waals surface area contributed by atoms with Crippen molar-refractivity contribution in [2.75, 3.05) is 25.1 Å². The highest BCUT2D eigenvalue weighted by Gasteiger charge is 2.44. The third kappa shape index (κ3) is 6.48. The number of amides is 1. The van der Waals surface area contributed by atoms with Crippen LogP contribution >= 0.6 is 0 Å². The number of methoxy groups -OCH3 is 1. The number of halogens is 6. The van der Waals surface area contributed by atoms with E-state index in [9.17, 15) is 41.0 Å². The van der Waals surface area contributed by atoms with Gasteiger partial charge in [0.15, 0.2) is 0 Å². The number of carbonyl (C=O) groups excluding carboxylic acids is 1. The molecule has 2 saturated heterocycles. The number of nitrogens with zero attached hydrogens (tertiary/aromatic N) is 3. The van der Waals surface area contributed by atoms with Gasteiger partial charge in [-0.25, -0.2) is 9.78 Å². The normalized spacial score (nSPS) is 22.9. The summed E-state index contributed by atoms with van der Waals surface area (Å²) in [5.41, 5.74) is -0.814. The highest BCUT2D eigenvalue weighted by atomic mass is 19.4. The Hall–Kier alpha value is -4.49. The van der Waals surface area contributed by atoms with Gasteiger partial charge in [-0.05, 0) is 92.1 Å². The number of anilines is 1. The van der Waals surface area contributed by atoms with Gasteiger partial charge < -0.3 is 19.5 Å². The van der Waals surface area contributed by atoms with E-state index in [0.29, 0.717) is 59.8 Å². The number of aromatic nitrogens is 1. The number of benzene rings is 2. The topological polar surface area (TPSA) is 92.2 Å². The van der Waals surface area contributed by atoms with Crippen LogP contribution in [0, 0.1) is 5.92 Å². The lowest BCUT2D eigenvalue weighted by molar-refractivity contribution is -0.143. The number of hydrogen-bond donors (Lipinski definition) is 1. The van der Waals surface area contributed by atoms with Crippen molar-refractivity contribution in [2.24, 2.45) is 5.92 Å². The molecule has 256 valence electrons. The second kappa shape index (κ2) is 12.5. The van der Waals surface area contributed by atoms with Gasteiger partial charge in [0.1, 0.15) is 17.7 Å². The Kier molecular flexibility index (Phi) is 8.71. The first-order chi connectivity index (χ1) is 22.6. The predicted octanol–water partition coefficient (Wildman–Crippen LogP) is 8.06. The van der Waals surface area contributed by atoms with E-state index in [2.05, 4.69) is 0 Å². The number of rotatable bonds is 8. The summed E-state index contributed by atoms with van der Waals surface area (Å²) in [5, 5.41) is 9.52. The second-order valence-corrected chi connectivity index (χ2v) is 12.5. The maximum Gasteiger partial charge on any atom is 0.416 e. The number of carbonyl (C=O) groups is 2. The molecule has 1 N–H and O–H groups in total. The molecule has 14 heteroatoms. The zero-order valence-corrected chi connectivity index (χ0v) is 26.1. The summed E-state index contributed by atoms with van der Waals surface area (Å²) < 4.78 is 92.8. The minimum Gasteiger partial charge on any atom is -0.496 e. The van der Waals surface area contributed by atoms with E-state index < -0.39 is 59.2 Å². The Balaban J connectivity index is 1.37. The summed E-state index contributed by atoms with van der Waals surface area (Å²) in [6.45, 7) is 2.90. The summed E-state index contributed by atoms with van der Waals surface area (Å²) in [6, 6.07) is 9.54. The van der Waals surface area contributed by atoms with Crippen molar-refractivity contribution < 1.29 is 50.5 Å². The summed E-state index contributed by atoms with van der Waals surface area (Å²) in [4.78, 5) is 33.0. The maximum atomic E-state index is 13.6. The number of aliphatic carboxylic acids is 1. The molecule has 3 aromatic rings. The van der Waals surface area contributed by atoms with E-state index in [1.807, 2.05) is 29.2 Å². The molecular formula is C34H33F6N3O5. The third-order valence-electron chi connectivity index (χ3n) is 9.56. The molecule has 3 fully saturated rings. The first kappa shape index (κ1) is 33.4. The minimum absolute atomic E-state index is 0.0101. The number of pyridine rings is 1. The first-order valence-electron chi connectivity index (χ1n) is 15.6. The Morgan fingerprint density at radius 1 is 0.958 bits per heavy atom. The van der Waals surface area contributed by atoms with Gasteiger partial charge in [-0.2, -0.15) is 26.3 Å². The van der Waals surface area contributed by atoms with Crippen molar-refractivity contribution in [1.29, 1.82) is 0 Å². The first-order valence-corrected chi connectivity index (χ1v) is 15.6. The molecule has 1 amide bonds. The molecule has 3 unspecified atom stereocenters. The molecule has 1 aliphatic carbocycles. The zero-order valence-electron chi connectivity index (χ0n) is 26.1. The van der Waals surface area contributed by atoms with Crippen molar-refractivity contribution in [3.05, 3.63) is 76.5 Å². The Morgan fingerprint density at radius 3 is 2.21 bits per heavy atom. The van der Waals surface area contributed by atoms with Gasteiger partial charge in [-0.1, -0.05) is 6.07 Å². The lowest BCUT2D eigenvalue weighted by atomic mass is 9.91. The number of ether oxygens (including phenoxy) is 2. The van der Waals surface area contributed by atoms with Crippen LogP contribution in [0.3, 0.4) is 0 Å². The minimum atomic E-state index is -5.06. The summed E-state index contributed by atoms with van der Waals surface area (Å²) in [7, 11) is 1.50. The molecule has 2 aliphatic heterocycles. The van der Waals surface area contributed by atoms with Crippen LogP contribution in [0.5, 0.6) is 5.75 Å². The largest absolute Gasteiger partial charge is 0.496 e. The lowest BCUT2D eigenvalue weighted by Crippen LogP contribution is -2.38. The molecule has 1 aromatic heterocycles. The van der Waals surface area contributed by atoms with Crippen LogP contribution in [-0.4, -0.2) is 53.3 Å². The average Bonchev–Trinajstić information content (AvgIpc) is 3.61. The zero-order chi connectivity index (χ0) is 34.5. The predicted molar refractivity (Wildman–Crippen MR) is 161 cm³/mol. The van der Waals surface area contributed by atoms with Crippen LogP contribution in [0.4, 0.5) is 37.0 Å². The van der Waals surface area contributed by atoms with Gasteiger partial charge in [0.2, 0.25) is 0 Å². The van der Waals surface area contributed by atoms with Crippen LogP contribution in [0.1, 0.15) is 72.6 Å². The number of carboxylic acids is 1. The smallest absolute Gasteiger partial charge is 0.416 e. The van der Waals surface area contributed by atoms with Crippen molar-refractivity contribution in [2.45, 2.75) is 69.6 Å². The van der Waals surface area contributed by atoms with Crippen LogP contribution < -0.4 is 9.64 Å². The van der Waals surface area contributed by atoms with Crippen molar-refractivity contribution in [1.82, 2.24) is 9.88 Å². The standard InChI is InChI=1S/C34H33F6N3O5/c1-18-30(22-13-23(33(35,36)37)16-24(14-22)34(38,39)40)48-32(46)43(18)17-27-25(7-9-29(41-27)42-10-3-11-42)26-15-20(6-8-28(26)47-2)19-4-5-21(12-19)31(44)45/h6-9,13-16,18-19,21,30H,3-5,10-12,17H2,1-2H3,(H,44,45)/t18?,19?,21-,30?/m1/s1. The number of hydrogen-bond acceptors (Lipinski definition) is 6. The molecule has 4 atom stereocenters. The van der Waals surface area contributed by atoms with Gasteiger partial charge in [0.05, 0.1) is 42.4 Å². The molecule has 0 spiro atoms. The second-order valence-electron chi connectivity index (χ2n) is 12.5. The van der Waals surface area contributed by atoms with E-state index in [4.69, 9.17) is 14.5 Å². The van der Waals surface area contributed by atoms with Gasteiger partial charge in [0.25, 0.3) is 0 Å². The molecule has 3 heterocycles. The number of cyclic esters (lactones) is 1. The van der Waals surface area contributed by atoms with Gasteiger partial charge in [-0.3, -0.25) is 9.69 Å². The molecule has 3 aliphatic rings. The molecule has 6 rings (SSSR count). The van der Waals surface area contributed by atoms with E-state index in [0.717, 1.165) is 25.1 Å².